The Morgan fingerprint density at radius 1 is 0.225 bits per heavy atom. The van der Waals surface area contributed by atoms with Crippen LogP contribution in [0.25, 0.3) is 0 Å². The Morgan fingerprint density at radius 2 is 0.449 bits per heavy atom. The largest absolute Gasteiger partial charge is 0.486 e. The van der Waals surface area contributed by atoms with Gasteiger partial charge >= 0.3 is 0 Å². The number of carbonyl (C=O) groups excluding carboxylic acids is 14. The SMILES string of the molecule is CC(C)CC(=O)CCOCC(COCCC(=O)CC(C)C)NC(=O)CCOCCNC(=O)COc1cc(OCC(=O)NCCOCCC(=O)CC(COCCC(=O)NC(C)C)COCCC(=O)NC(C)C)cc(C(C)C)c1.CC(C)CC(=O)CCOCC(COCCC(=O)CC(C)C)NC(=O)COc1cc(OCC(=O)CC(COCCC(=O)NC(C)C)COCCC(=O)NC(C)C)cc(C(C)C)c1. The van der Waals surface area contributed by atoms with E-state index in [0.29, 0.717) is 48.7 Å². The van der Waals surface area contributed by atoms with Crippen LogP contribution in [0, 0.1) is 35.5 Å². The van der Waals surface area contributed by atoms with E-state index in [1.807, 2.05) is 151 Å². The number of rotatable bonds is 84. The minimum atomic E-state index is -0.545. The predicted molar refractivity (Wildman–Crippen MR) is 524 cm³/mol. The van der Waals surface area contributed by atoms with Crippen molar-refractivity contribution < 1.29 is 133 Å². The van der Waals surface area contributed by atoms with Gasteiger partial charge in [-0.25, -0.2) is 0 Å². The zero-order valence-corrected chi connectivity index (χ0v) is 86.7. The Kier molecular flexibility index (Phi) is 71.5. The van der Waals surface area contributed by atoms with Gasteiger partial charge in [0.25, 0.3) is 17.7 Å². The fraction of sp³-hybridized carbons (Fsp3) is 0.745. The van der Waals surface area contributed by atoms with Crippen LogP contribution in [0.4, 0.5) is 0 Å². The zero-order valence-electron chi connectivity index (χ0n) is 86.7. The summed E-state index contributed by atoms with van der Waals surface area (Å²) in [5.74, 6) is 0.337. The average Bonchev–Trinajstić information content (AvgIpc) is 0.853. The molecule has 2 aromatic carbocycles. The Balaban J connectivity index is 0.00000142. The lowest BCUT2D eigenvalue weighted by atomic mass is 10.0. The van der Waals surface area contributed by atoms with Crippen LogP contribution in [0.2, 0.25) is 0 Å². The highest BCUT2D eigenvalue weighted by molar-refractivity contribution is 5.83. The molecule has 0 aliphatic carbocycles. The first kappa shape index (κ1) is 127. The van der Waals surface area contributed by atoms with Crippen molar-refractivity contribution in [1.82, 2.24) is 42.5 Å². The summed E-state index contributed by atoms with van der Waals surface area (Å²) in [6.07, 6.45) is 4.23. The molecule has 8 N–H and O–H groups in total. The number of amides is 8. The molecule has 788 valence electrons. The molecule has 0 aromatic heterocycles. The number of carbonyl (C=O) groups is 14. The minimum absolute atomic E-state index is 0.0189. The second-order valence-corrected chi connectivity index (χ2v) is 38.1. The van der Waals surface area contributed by atoms with Crippen molar-refractivity contribution in [2.75, 3.05) is 172 Å². The number of ketones is 6. The van der Waals surface area contributed by atoms with E-state index in [1.54, 1.807) is 24.3 Å². The third kappa shape index (κ3) is 74.1. The molecule has 0 radical (unpaired) electrons. The maximum atomic E-state index is 13.2. The number of nitrogens with one attached hydrogen (secondary N) is 8. The minimum Gasteiger partial charge on any atom is -0.486 e. The number of Topliss-reactive ketones (excluding diaryl/α,β-unsaturated/α-hetero) is 6. The Morgan fingerprint density at radius 3 is 0.725 bits per heavy atom. The van der Waals surface area contributed by atoms with E-state index in [2.05, 4.69) is 42.5 Å². The van der Waals surface area contributed by atoms with Crippen LogP contribution in [0.3, 0.4) is 0 Å². The topological polar surface area (TPSA) is 464 Å². The van der Waals surface area contributed by atoms with Gasteiger partial charge in [0.1, 0.15) is 58.5 Å². The molecule has 36 nitrogen and oxygen atoms in total. The molecule has 0 unspecified atom stereocenters. The number of ether oxygens (including phenoxy) is 14. The Bertz CT molecular complexity index is 3470. The standard InChI is InChI=1S/C56H95N5O16.C46H77N3O12/c1-39(2)27-47(62)12-20-74-35-46(36-75-21-13-48(63)28-40(3)4)61-54(67)14-22-71-26-18-58-56(69)38-77-51-31-45(41(5)6)30-50(32-51)76-37-55(68)57-17-25-70-19-11-49(64)29-44(33-72-23-15-52(65)59-42(7)8)34-73-24-16-53(66)60-43(9)10;1-31(2)19-39(50)11-15-58-27-38(28-59-16-12-40(51)20-32(3)4)49-46(55)30-61-43-23-37(33(5)6)22-42(24-43)60-29-41(52)21-36(25-56-17-13-44(53)47-34(7)8)26-57-18-14-45(54)48-35(9)10/h30-32,39-44,46H,11-29,33-38H2,1-10H3,(H,57,68)(H,58,69)(H,59,65)(H,60,66)(H,61,67);22-24,31-36,38H,11-21,25-30H2,1-10H3,(H,47,53)(H,48,54)(H,49,55). The first-order valence-electron chi connectivity index (χ1n) is 49.4. The lowest BCUT2D eigenvalue weighted by Gasteiger charge is -2.20. The molecule has 0 atom stereocenters. The maximum absolute atomic E-state index is 13.2. The van der Waals surface area contributed by atoms with Crippen molar-refractivity contribution in [3.63, 3.8) is 0 Å². The number of hydrogen-bond acceptors (Lipinski definition) is 28. The van der Waals surface area contributed by atoms with E-state index in [4.69, 9.17) is 66.3 Å². The molecule has 0 aliphatic rings. The summed E-state index contributed by atoms with van der Waals surface area (Å²) < 4.78 is 80.4. The second kappa shape index (κ2) is 77.7. The van der Waals surface area contributed by atoms with E-state index in [-0.39, 0.29) is 390 Å². The molecule has 0 heterocycles. The van der Waals surface area contributed by atoms with E-state index >= 15 is 0 Å². The quantitative estimate of drug-likeness (QED) is 0.0285. The average molecular weight is 1960 g/mol. The first-order chi connectivity index (χ1) is 65.4. The van der Waals surface area contributed by atoms with E-state index in [9.17, 15) is 67.1 Å². The van der Waals surface area contributed by atoms with Crippen LogP contribution < -0.4 is 61.5 Å². The van der Waals surface area contributed by atoms with Crippen molar-refractivity contribution in [3.05, 3.63) is 47.5 Å². The molecule has 138 heavy (non-hydrogen) atoms. The van der Waals surface area contributed by atoms with Crippen LogP contribution in [-0.4, -0.2) is 290 Å². The molecular formula is C102H172N8O28. The highest BCUT2D eigenvalue weighted by atomic mass is 16.5. The molecule has 8 amide bonds. The van der Waals surface area contributed by atoms with Gasteiger partial charge in [0.15, 0.2) is 25.6 Å². The van der Waals surface area contributed by atoms with Crippen molar-refractivity contribution >= 4 is 82.0 Å². The number of hydrogen-bond donors (Lipinski definition) is 8. The van der Waals surface area contributed by atoms with E-state index in [0.717, 1.165) is 11.1 Å². The van der Waals surface area contributed by atoms with Crippen molar-refractivity contribution in [2.24, 2.45) is 35.5 Å². The summed E-state index contributed by atoms with van der Waals surface area (Å²) >= 11 is 0. The molecule has 0 saturated heterocycles. The van der Waals surface area contributed by atoms with Crippen LogP contribution in [-0.2, 0) is 114 Å². The molecule has 0 fully saturated rings. The Hall–Kier alpha value is -8.98. The van der Waals surface area contributed by atoms with Gasteiger partial charge in [-0.1, -0.05) is 83.1 Å². The fourth-order valence-electron chi connectivity index (χ4n) is 13.1. The first-order valence-corrected chi connectivity index (χ1v) is 49.4. The lowest BCUT2D eigenvalue weighted by molar-refractivity contribution is -0.126. The van der Waals surface area contributed by atoms with Gasteiger partial charge in [0.05, 0.1) is 144 Å². The van der Waals surface area contributed by atoms with Crippen LogP contribution in [0.5, 0.6) is 23.0 Å². The highest BCUT2D eigenvalue weighted by Crippen LogP contribution is 2.30. The molecule has 0 aliphatic heterocycles. The predicted octanol–water partition coefficient (Wildman–Crippen LogP) is 10.1. The summed E-state index contributed by atoms with van der Waals surface area (Å²) in [7, 11) is 0. The molecule has 36 heteroatoms. The van der Waals surface area contributed by atoms with Gasteiger partial charge < -0.3 is 109 Å². The normalized spacial score (nSPS) is 11.6. The van der Waals surface area contributed by atoms with Crippen LogP contribution in [0.15, 0.2) is 36.4 Å². The molecule has 2 rings (SSSR count). The lowest BCUT2D eigenvalue weighted by Crippen LogP contribution is -2.44. The second-order valence-electron chi connectivity index (χ2n) is 38.1. The van der Waals surface area contributed by atoms with Crippen molar-refractivity contribution in [2.45, 2.75) is 289 Å². The maximum Gasteiger partial charge on any atom is 0.258 e. The van der Waals surface area contributed by atoms with Gasteiger partial charge in [0.2, 0.25) is 29.5 Å². The summed E-state index contributed by atoms with van der Waals surface area (Å²) in [6.45, 7) is 41.6. The van der Waals surface area contributed by atoms with E-state index < -0.39 is 23.9 Å². The molecular weight excluding hydrogens is 1790 g/mol. The molecule has 0 spiro atoms. The van der Waals surface area contributed by atoms with Crippen molar-refractivity contribution in [3.8, 4) is 23.0 Å². The fourth-order valence-corrected chi connectivity index (χ4v) is 13.1. The molecule has 0 bridgehead atoms. The summed E-state index contributed by atoms with van der Waals surface area (Å²) in [5.41, 5.74) is 1.75. The van der Waals surface area contributed by atoms with Crippen LogP contribution >= 0.6 is 0 Å². The smallest absolute Gasteiger partial charge is 0.258 e. The van der Waals surface area contributed by atoms with E-state index in [1.165, 1.54) is 0 Å². The van der Waals surface area contributed by atoms with Gasteiger partial charge in [0, 0.05) is 164 Å². The summed E-state index contributed by atoms with van der Waals surface area (Å²) in [5, 5.41) is 22.5. The summed E-state index contributed by atoms with van der Waals surface area (Å²) in [4.78, 5) is 174. The van der Waals surface area contributed by atoms with Crippen LogP contribution in [0.1, 0.15) is 264 Å². The third-order valence-corrected chi connectivity index (χ3v) is 19.6. The van der Waals surface area contributed by atoms with Gasteiger partial charge in [-0.3, -0.25) is 67.1 Å². The van der Waals surface area contributed by atoms with Crippen molar-refractivity contribution in [1.29, 1.82) is 0 Å². The summed E-state index contributed by atoms with van der Waals surface area (Å²) in [6, 6.07) is 9.48. The zero-order chi connectivity index (χ0) is 103. The molecule has 0 saturated carbocycles. The molecule has 2 aromatic rings. The van der Waals surface area contributed by atoms with Gasteiger partial charge in [-0.15, -0.1) is 0 Å². The highest BCUT2D eigenvalue weighted by Gasteiger charge is 2.24. The van der Waals surface area contributed by atoms with Gasteiger partial charge in [-0.05, 0) is 126 Å². The number of benzene rings is 2. The Labute approximate surface area is 821 Å². The third-order valence-electron chi connectivity index (χ3n) is 19.6. The van der Waals surface area contributed by atoms with Gasteiger partial charge in [-0.2, -0.15) is 0 Å². The monoisotopic (exact) mass is 1960 g/mol.